The number of halogens is 1. The van der Waals surface area contributed by atoms with Crippen molar-refractivity contribution in [3.8, 4) is 0 Å². The van der Waals surface area contributed by atoms with Gasteiger partial charge in [-0.1, -0.05) is 19.8 Å². The number of likely N-dealkylation sites (tertiary alicyclic amines) is 1. The molecule has 21 heavy (non-hydrogen) atoms. The third-order valence-corrected chi connectivity index (χ3v) is 6.56. The van der Waals surface area contributed by atoms with E-state index in [0.29, 0.717) is 5.41 Å². The largest absolute Gasteiger partial charge is 0.297 e. The predicted octanol–water partition coefficient (Wildman–Crippen LogP) is 4.38. The summed E-state index contributed by atoms with van der Waals surface area (Å²) in [7, 11) is 0. The first-order valence-corrected chi connectivity index (χ1v) is 9.43. The van der Waals surface area contributed by atoms with Gasteiger partial charge in [0.15, 0.2) is 0 Å². The fourth-order valence-corrected chi connectivity index (χ4v) is 4.88. The Labute approximate surface area is 137 Å². The van der Waals surface area contributed by atoms with Crippen LogP contribution in [0.1, 0.15) is 63.8 Å². The zero-order chi connectivity index (χ0) is 14.9. The maximum Gasteiger partial charge on any atom is 0.0767 e. The molecule has 0 bridgehead atoms. The summed E-state index contributed by atoms with van der Waals surface area (Å²) >= 11 is 3.78. The second-order valence-electron chi connectivity index (χ2n) is 6.86. The molecule has 1 saturated carbocycles. The fraction of sp³-hybridized carbons (Fsp3) is 0.824. The molecule has 1 aliphatic heterocycles. The Kier molecular flexibility index (Phi) is 4.75. The molecule has 0 atom stereocenters. The van der Waals surface area contributed by atoms with E-state index in [9.17, 15) is 0 Å². The Balaban J connectivity index is 1.66. The quantitative estimate of drug-likeness (QED) is 0.800. The minimum atomic E-state index is 0.716. The van der Waals surface area contributed by atoms with Crippen LogP contribution >= 0.6 is 15.9 Å². The van der Waals surface area contributed by atoms with Crippen LogP contribution in [0.15, 0.2) is 4.47 Å². The molecular formula is C17H28BrN3. The molecule has 1 aliphatic carbocycles. The van der Waals surface area contributed by atoms with Crippen LogP contribution in [0.3, 0.4) is 0 Å². The summed E-state index contributed by atoms with van der Waals surface area (Å²) in [6.45, 7) is 8.92. The Morgan fingerprint density at radius 1 is 1.10 bits per heavy atom. The highest BCUT2D eigenvalue weighted by Crippen LogP contribution is 2.46. The minimum absolute atomic E-state index is 0.716. The van der Waals surface area contributed by atoms with Crippen molar-refractivity contribution in [2.45, 2.75) is 71.9 Å². The van der Waals surface area contributed by atoms with Crippen molar-refractivity contribution in [3.63, 3.8) is 0 Å². The lowest BCUT2D eigenvalue weighted by Gasteiger charge is -2.39. The molecule has 2 aliphatic rings. The van der Waals surface area contributed by atoms with E-state index in [1.165, 1.54) is 67.5 Å². The van der Waals surface area contributed by atoms with Crippen molar-refractivity contribution in [2.24, 2.45) is 5.41 Å². The lowest BCUT2D eigenvalue weighted by molar-refractivity contribution is 0.101. The van der Waals surface area contributed by atoms with E-state index in [1.54, 1.807) is 0 Å². The molecule has 1 aromatic heterocycles. The fourth-order valence-electron chi connectivity index (χ4n) is 4.19. The smallest absolute Gasteiger partial charge is 0.0767 e. The van der Waals surface area contributed by atoms with Gasteiger partial charge >= 0.3 is 0 Å². The molecule has 2 fully saturated rings. The minimum Gasteiger partial charge on any atom is -0.297 e. The van der Waals surface area contributed by atoms with Crippen molar-refractivity contribution in [1.29, 1.82) is 0 Å². The van der Waals surface area contributed by atoms with Crippen LogP contribution < -0.4 is 0 Å². The average Bonchev–Trinajstić information content (AvgIpc) is 3.08. The van der Waals surface area contributed by atoms with Gasteiger partial charge in [-0.3, -0.25) is 9.58 Å². The molecule has 0 aromatic carbocycles. The second kappa shape index (κ2) is 6.41. The number of hydrogen-bond donors (Lipinski definition) is 0. The predicted molar refractivity (Wildman–Crippen MR) is 90.4 cm³/mol. The maximum absolute atomic E-state index is 4.73. The Morgan fingerprint density at radius 2 is 1.76 bits per heavy atom. The monoisotopic (exact) mass is 353 g/mol. The van der Waals surface area contributed by atoms with E-state index >= 15 is 0 Å². The highest BCUT2D eigenvalue weighted by molar-refractivity contribution is 9.10. The first-order valence-electron chi connectivity index (χ1n) is 8.64. The second-order valence-corrected chi connectivity index (χ2v) is 7.65. The van der Waals surface area contributed by atoms with E-state index in [0.717, 1.165) is 19.5 Å². The number of aryl methyl sites for hydroxylation is 2. The summed E-state index contributed by atoms with van der Waals surface area (Å²) in [5, 5.41) is 4.73. The van der Waals surface area contributed by atoms with Crippen LogP contribution in [0.2, 0.25) is 0 Å². The lowest BCUT2D eigenvalue weighted by Crippen LogP contribution is -2.38. The van der Waals surface area contributed by atoms with E-state index in [-0.39, 0.29) is 0 Å². The van der Waals surface area contributed by atoms with Crippen molar-refractivity contribution in [1.82, 2.24) is 14.7 Å². The molecule has 0 unspecified atom stereocenters. The number of nitrogens with zero attached hydrogens (tertiary/aromatic N) is 3. The van der Waals surface area contributed by atoms with Gasteiger partial charge in [0.05, 0.1) is 15.9 Å². The van der Waals surface area contributed by atoms with Gasteiger partial charge in [0, 0.05) is 13.1 Å². The molecule has 2 heterocycles. The van der Waals surface area contributed by atoms with Crippen molar-refractivity contribution in [3.05, 3.63) is 15.9 Å². The molecule has 1 aromatic rings. The van der Waals surface area contributed by atoms with Gasteiger partial charge in [0.1, 0.15) is 0 Å². The van der Waals surface area contributed by atoms with Crippen LogP contribution in [-0.2, 0) is 19.5 Å². The summed E-state index contributed by atoms with van der Waals surface area (Å²) in [4.78, 5) is 2.64. The van der Waals surface area contributed by atoms with E-state index in [2.05, 4.69) is 39.4 Å². The van der Waals surface area contributed by atoms with Gasteiger partial charge in [-0.05, 0) is 73.5 Å². The topological polar surface area (TPSA) is 21.1 Å². The molecule has 1 spiro atoms. The SMILES string of the molecule is CCc1nn(CC)c(CN2CCC3(CCCC3)CC2)c1Br. The van der Waals surface area contributed by atoms with E-state index in [4.69, 9.17) is 5.10 Å². The van der Waals surface area contributed by atoms with Crippen molar-refractivity contribution < 1.29 is 0 Å². The number of aromatic nitrogens is 2. The van der Waals surface area contributed by atoms with Crippen LogP contribution in [-0.4, -0.2) is 27.8 Å². The van der Waals surface area contributed by atoms with Gasteiger partial charge in [-0.15, -0.1) is 0 Å². The summed E-state index contributed by atoms with van der Waals surface area (Å²) in [5.41, 5.74) is 3.29. The highest BCUT2D eigenvalue weighted by Gasteiger charge is 2.37. The van der Waals surface area contributed by atoms with E-state index in [1.807, 2.05) is 0 Å². The number of rotatable bonds is 4. The summed E-state index contributed by atoms with van der Waals surface area (Å²) in [6, 6.07) is 0. The van der Waals surface area contributed by atoms with Crippen molar-refractivity contribution >= 4 is 15.9 Å². The average molecular weight is 354 g/mol. The van der Waals surface area contributed by atoms with Crippen LogP contribution in [0.25, 0.3) is 0 Å². The summed E-state index contributed by atoms with van der Waals surface area (Å²) in [5.74, 6) is 0. The van der Waals surface area contributed by atoms with Crippen LogP contribution in [0.5, 0.6) is 0 Å². The molecule has 118 valence electrons. The molecule has 0 amide bonds. The molecular weight excluding hydrogens is 326 g/mol. The number of piperidine rings is 1. The Morgan fingerprint density at radius 3 is 2.33 bits per heavy atom. The molecule has 1 saturated heterocycles. The third-order valence-electron chi connectivity index (χ3n) is 5.65. The Hall–Kier alpha value is -0.350. The van der Waals surface area contributed by atoms with E-state index < -0.39 is 0 Å². The highest BCUT2D eigenvalue weighted by atomic mass is 79.9. The van der Waals surface area contributed by atoms with Crippen LogP contribution in [0.4, 0.5) is 0 Å². The van der Waals surface area contributed by atoms with Gasteiger partial charge < -0.3 is 0 Å². The normalized spacial score (nSPS) is 22.2. The third kappa shape index (κ3) is 3.07. The van der Waals surface area contributed by atoms with Gasteiger partial charge in [-0.2, -0.15) is 5.10 Å². The number of hydrogen-bond acceptors (Lipinski definition) is 2. The maximum atomic E-state index is 4.73. The summed E-state index contributed by atoms with van der Waals surface area (Å²) < 4.78 is 3.43. The molecule has 3 rings (SSSR count). The molecule has 4 heteroatoms. The molecule has 3 nitrogen and oxygen atoms in total. The van der Waals surface area contributed by atoms with Crippen molar-refractivity contribution in [2.75, 3.05) is 13.1 Å². The van der Waals surface area contributed by atoms with Gasteiger partial charge in [0.25, 0.3) is 0 Å². The molecule has 0 N–H and O–H groups in total. The van der Waals surface area contributed by atoms with Crippen LogP contribution in [0, 0.1) is 5.41 Å². The standard InChI is InChI=1S/C17H28BrN3/c1-3-14-16(18)15(21(4-2)19-14)13-20-11-9-17(10-12-20)7-5-6-8-17/h3-13H2,1-2H3. The summed E-state index contributed by atoms with van der Waals surface area (Å²) in [6.07, 6.45) is 9.72. The molecule has 0 radical (unpaired) electrons. The van der Waals surface area contributed by atoms with Gasteiger partial charge in [-0.25, -0.2) is 0 Å². The first kappa shape index (κ1) is 15.5. The zero-order valence-corrected chi connectivity index (χ0v) is 15.1. The van der Waals surface area contributed by atoms with Gasteiger partial charge in [0.2, 0.25) is 0 Å². The lowest BCUT2D eigenvalue weighted by atomic mass is 9.77. The zero-order valence-electron chi connectivity index (χ0n) is 13.5. The Bertz CT molecular complexity index is 478. The first-order chi connectivity index (χ1) is 10.2.